The predicted molar refractivity (Wildman–Crippen MR) is 81.5 cm³/mol. The van der Waals surface area contributed by atoms with Crippen LogP contribution in [0.1, 0.15) is 30.4 Å². The summed E-state index contributed by atoms with van der Waals surface area (Å²) in [6.45, 7) is 0. The first kappa shape index (κ1) is 13.1. The van der Waals surface area contributed by atoms with Crippen LogP contribution in [-0.4, -0.2) is 10.2 Å². The summed E-state index contributed by atoms with van der Waals surface area (Å²) in [7, 11) is 0. The first-order valence-corrected chi connectivity index (χ1v) is 7.69. The average molecular weight is 280 g/mol. The topological polar surface area (TPSA) is 40.5 Å². The molecule has 2 fully saturated rings. The van der Waals surface area contributed by atoms with Crippen molar-refractivity contribution in [2.75, 3.05) is 0 Å². The Hall–Kier alpha value is -1.64. The fraction of sp³-hybridized carbons (Fsp3) is 0.368. The Bertz CT molecular complexity index is 582. The van der Waals surface area contributed by atoms with Gasteiger partial charge in [0.2, 0.25) is 0 Å². The highest BCUT2D eigenvalue weighted by molar-refractivity contribution is 5.33. The van der Waals surface area contributed by atoms with Gasteiger partial charge in [-0.15, -0.1) is 0 Å². The van der Waals surface area contributed by atoms with E-state index in [0.717, 1.165) is 17.5 Å². The van der Waals surface area contributed by atoms with Gasteiger partial charge in [-0.2, -0.15) is 0 Å². The molecule has 0 aliphatic heterocycles. The maximum atomic E-state index is 11.1. The van der Waals surface area contributed by atoms with Crippen molar-refractivity contribution in [2.45, 2.75) is 30.5 Å². The van der Waals surface area contributed by atoms with Gasteiger partial charge in [-0.3, -0.25) is 0 Å². The molecule has 4 rings (SSSR count). The van der Waals surface area contributed by atoms with Gasteiger partial charge in [0.1, 0.15) is 0 Å². The monoisotopic (exact) mass is 280 g/mol. The molecule has 2 heteroatoms. The van der Waals surface area contributed by atoms with Crippen LogP contribution in [0.4, 0.5) is 0 Å². The standard InChI is InChI=1S/C19H20O2/c20-18(14-7-3-1-4-8-14)12-17-11-16(18)13-19(17,21)15-9-5-2-6-10-15/h1-10,16-17,20-21H,11-13H2/t16-,17-,18+,19+/m1/s1. The normalized spacial score (nSPS) is 37.8. The summed E-state index contributed by atoms with van der Waals surface area (Å²) < 4.78 is 0. The smallest absolute Gasteiger partial charge is 0.0929 e. The number of hydrogen-bond acceptors (Lipinski definition) is 2. The highest BCUT2D eigenvalue weighted by atomic mass is 16.3. The third kappa shape index (κ3) is 1.79. The molecule has 21 heavy (non-hydrogen) atoms. The van der Waals surface area contributed by atoms with Gasteiger partial charge in [0.05, 0.1) is 11.2 Å². The Morgan fingerprint density at radius 1 is 0.667 bits per heavy atom. The summed E-state index contributed by atoms with van der Waals surface area (Å²) in [6.07, 6.45) is 2.19. The minimum absolute atomic E-state index is 0.134. The molecule has 2 N–H and O–H groups in total. The van der Waals surface area contributed by atoms with Crippen molar-refractivity contribution in [3.8, 4) is 0 Å². The number of aliphatic hydroxyl groups is 2. The molecule has 2 aliphatic rings. The number of benzene rings is 2. The zero-order chi connectivity index (χ0) is 14.5. The molecule has 2 aromatic rings. The lowest BCUT2D eigenvalue weighted by Crippen LogP contribution is -2.42. The quantitative estimate of drug-likeness (QED) is 0.887. The van der Waals surface area contributed by atoms with Crippen LogP contribution in [0.25, 0.3) is 0 Å². The lowest BCUT2D eigenvalue weighted by atomic mass is 9.70. The lowest BCUT2D eigenvalue weighted by Gasteiger charge is -2.41. The molecule has 0 amide bonds. The second-order valence-corrected chi connectivity index (χ2v) is 6.62. The van der Waals surface area contributed by atoms with Crippen LogP contribution in [0.3, 0.4) is 0 Å². The van der Waals surface area contributed by atoms with Crippen molar-refractivity contribution in [2.24, 2.45) is 11.8 Å². The SMILES string of the molecule is O[C@]1(c2ccccc2)C[C@H]2C[C@@H]1C[C@]2(O)c1ccccc1. The van der Waals surface area contributed by atoms with Crippen LogP contribution in [0.2, 0.25) is 0 Å². The summed E-state index contributed by atoms with van der Waals surface area (Å²) >= 11 is 0. The maximum absolute atomic E-state index is 11.1. The molecule has 2 bridgehead atoms. The average Bonchev–Trinajstić information content (AvgIpc) is 3.04. The van der Waals surface area contributed by atoms with E-state index in [1.165, 1.54) is 0 Å². The van der Waals surface area contributed by atoms with E-state index in [1.54, 1.807) is 0 Å². The van der Waals surface area contributed by atoms with Gasteiger partial charge < -0.3 is 10.2 Å². The molecule has 0 saturated heterocycles. The van der Waals surface area contributed by atoms with Crippen molar-refractivity contribution < 1.29 is 10.2 Å². The van der Waals surface area contributed by atoms with Crippen molar-refractivity contribution in [3.05, 3.63) is 71.8 Å². The predicted octanol–water partition coefficient (Wildman–Crippen LogP) is 3.19. The Morgan fingerprint density at radius 3 is 1.38 bits per heavy atom. The van der Waals surface area contributed by atoms with Crippen LogP contribution in [0.15, 0.2) is 60.7 Å². The largest absolute Gasteiger partial charge is 0.385 e. The summed E-state index contributed by atoms with van der Waals surface area (Å²) in [5, 5.41) is 22.2. The van der Waals surface area contributed by atoms with Gasteiger partial charge in [-0.25, -0.2) is 0 Å². The molecule has 0 heterocycles. The van der Waals surface area contributed by atoms with Gasteiger partial charge >= 0.3 is 0 Å². The number of rotatable bonds is 2. The molecular formula is C19H20O2. The first-order chi connectivity index (χ1) is 10.1. The minimum atomic E-state index is -0.771. The van der Waals surface area contributed by atoms with Crippen molar-refractivity contribution in [1.82, 2.24) is 0 Å². The van der Waals surface area contributed by atoms with Crippen molar-refractivity contribution in [3.63, 3.8) is 0 Å². The third-order valence-electron chi connectivity index (χ3n) is 5.58. The summed E-state index contributed by atoms with van der Waals surface area (Å²) in [4.78, 5) is 0. The van der Waals surface area contributed by atoms with Gasteiger partial charge in [-0.1, -0.05) is 60.7 Å². The van der Waals surface area contributed by atoms with Crippen LogP contribution < -0.4 is 0 Å². The molecule has 0 radical (unpaired) electrons. The van der Waals surface area contributed by atoms with E-state index in [2.05, 4.69) is 0 Å². The molecule has 2 aliphatic carbocycles. The Kier molecular flexibility index (Phi) is 2.75. The van der Waals surface area contributed by atoms with Gasteiger partial charge in [0.15, 0.2) is 0 Å². The van der Waals surface area contributed by atoms with Crippen LogP contribution in [-0.2, 0) is 11.2 Å². The molecule has 2 nitrogen and oxygen atoms in total. The fourth-order valence-corrected chi connectivity index (χ4v) is 4.48. The third-order valence-corrected chi connectivity index (χ3v) is 5.58. The number of hydrogen-bond donors (Lipinski definition) is 2. The summed E-state index contributed by atoms with van der Waals surface area (Å²) in [5.41, 5.74) is 0.445. The van der Waals surface area contributed by atoms with E-state index in [-0.39, 0.29) is 11.8 Å². The molecule has 108 valence electrons. The molecular weight excluding hydrogens is 260 g/mol. The van der Waals surface area contributed by atoms with Crippen LogP contribution in [0, 0.1) is 11.8 Å². The van der Waals surface area contributed by atoms with E-state index in [1.807, 2.05) is 60.7 Å². The van der Waals surface area contributed by atoms with E-state index in [0.29, 0.717) is 12.8 Å². The van der Waals surface area contributed by atoms with Gasteiger partial charge in [0, 0.05) is 0 Å². The van der Waals surface area contributed by atoms with Crippen LogP contribution in [0.5, 0.6) is 0 Å². The van der Waals surface area contributed by atoms with Gasteiger partial charge in [0.25, 0.3) is 0 Å². The van der Waals surface area contributed by atoms with Crippen molar-refractivity contribution in [1.29, 1.82) is 0 Å². The molecule has 2 saturated carbocycles. The Labute approximate surface area is 125 Å². The molecule has 2 aromatic carbocycles. The minimum Gasteiger partial charge on any atom is -0.385 e. The number of fused-ring (bicyclic) bond motifs is 2. The molecule has 4 atom stereocenters. The Balaban J connectivity index is 1.67. The summed E-state index contributed by atoms with van der Waals surface area (Å²) in [6, 6.07) is 19.9. The second-order valence-electron chi connectivity index (χ2n) is 6.62. The first-order valence-electron chi connectivity index (χ1n) is 7.69. The second kappa shape index (κ2) is 4.43. The van der Waals surface area contributed by atoms with E-state index in [9.17, 15) is 10.2 Å². The van der Waals surface area contributed by atoms with Crippen molar-refractivity contribution >= 4 is 0 Å². The lowest BCUT2D eigenvalue weighted by molar-refractivity contribution is -0.0974. The fourth-order valence-electron chi connectivity index (χ4n) is 4.48. The molecule has 0 unspecified atom stereocenters. The molecule has 0 aromatic heterocycles. The highest BCUT2D eigenvalue weighted by Crippen LogP contribution is 2.62. The molecule has 0 spiro atoms. The van der Waals surface area contributed by atoms with Gasteiger partial charge in [-0.05, 0) is 42.2 Å². The van der Waals surface area contributed by atoms with E-state index >= 15 is 0 Å². The summed E-state index contributed by atoms with van der Waals surface area (Å²) in [5.74, 6) is 0.269. The van der Waals surface area contributed by atoms with Crippen LogP contribution >= 0.6 is 0 Å². The zero-order valence-corrected chi connectivity index (χ0v) is 11.9. The maximum Gasteiger partial charge on any atom is 0.0929 e. The van der Waals surface area contributed by atoms with E-state index in [4.69, 9.17) is 0 Å². The zero-order valence-electron chi connectivity index (χ0n) is 11.9. The Morgan fingerprint density at radius 2 is 1.05 bits per heavy atom. The highest BCUT2D eigenvalue weighted by Gasteiger charge is 2.61. The van der Waals surface area contributed by atoms with E-state index < -0.39 is 11.2 Å².